The van der Waals surface area contributed by atoms with Crippen molar-refractivity contribution in [3.05, 3.63) is 71.7 Å². The van der Waals surface area contributed by atoms with Crippen molar-refractivity contribution in [2.75, 3.05) is 5.32 Å². The van der Waals surface area contributed by atoms with Crippen LogP contribution in [0.5, 0.6) is 0 Å². The number of benzene rings is 2. The Labute approximate surface area is 168 Å². The smallest absolute Gasteiger partial charge is 0.258 e. The molecule has 0 aliphatic carbocycles. The number of nitrogens with one attached hydrogen (secondary N) is 1. The van der Waals surface area contributed by atoms with E-state index >= 15 is 0 Å². The molecule has 0 saturated carbocycles. The van der Waals surface area contributed by atoms with Gasteiger partial charge in [-0.3, -0.25) is 4.79 Å². The zero-order valence-electron chi connectivity index (χ0n) is 16.5. The molecule has 0 spiro atoms. The van der Waals surface area contributed by atoms with Crippen LogP contribution in [0.15, 0.2) is 59.3 Å². The maximum atomic E-state index is 12.5. The first-order valence-corrected chi connectivity index (χ1v) is 9.30. The van der Waals surface area contributed by atoms with Crippen LogP contribution in [0.2, 0.25) is 0 Å². The SMILES string of the molecule is Cc1ccc(C)c(NC(=O)Cn2cc(-c3noc(-c4ccccc4)n3)nc2C)c1. The summed E-state index contributed by atoms with van der Waals surface area (Å²) < 4.78 is 7.12. The van der Waals surface area contributed by atoms with Crippen molar-refractivity contribution >= 4 is 11.6 Å². The van der Waals surface area contributed by atoms with Crippen molar-refractivity contribution < 1.29 is 9.32 Å². The zero-order chi connectivity index (χ0) is 20.4. The Bertz CT molecular complexity index is 1160. The highest BCUT2D eigenvalue weighted by Gasteiger charge is 2.16. The van der Waals surface area contributed by atoms with E-state index in [4.69, 9.17) is 4.52 Å². The standard InChI is InChI=1S/C22H21N5O2/c1-14-9-10-15(2)18(11-14)24-20(28)13-27-12-19(23-16(27)3)21-25-22(29-26-21)17-7-5-4-6-8-17/h4-12H,13H2,1-3H3,(H,24,28). The molecule has 0 fully saturated rings. The second-order valence-corrected chi connectivity index (χ2v) is 6.96. The number of aromatic nitrogens is 4. The number of carbonyl (C=O) groups excluding carboxylic acids is 1. The van der Waals surface area contributed by atoms with Crippen LogP contribution < -0.4 is 5.32 Å². The number of nitrogens with zero attached hydrogens (tertiary/aromatic N) is 4. The minimum atomic E-state index is -0.121. The van der Waals surface area contributed by atoms with Crippen molar-refractivity contribution in [3.8, 4) is 23.0 Å². The van der Waals surface area contributed by atoms with Gasteiger partial charge in [0.25, 0.3) is 5.89 Å². The van der Waals surface area contributed by atoms with Gasteiger partial charge in [-0.15, -0.1) is 0 Å². The summed E-state index contributed by atoms with van der Waals surface area (Å²) in [4.78, 5) is 21.4. The first kappa shape index (κ1) is 18.6. The number of aryl methyl sites for hydroxylation is 3. The average Bonchev–Trinajstić information content (AvgIpc) is 3.33. The van der Waals surface area contributed by atoms with Gasteiger partial charge in [0.05, 0.1) is 0 Å². The van der Waals surface area contributed by atoms with Crippen molar-refractivity contribution in [1.29, 1.82) is 0 Å². The number of hydrogen-bond donors (Lipinski definition) is 1. The lowest BCUT2D eigenvalue weighted by molar-refractivity contribution is -0.116. The predicted molar refractivity (Wildman–Crippen MR) is 110 cm³/mol. The van der Waals surface area contributed by atoms with E-state index in [2.05, 4.69) is 20.4 Å². The van der Waals surface area contributed by atoms with Crippen LogP contribution in [0.3, 0.4) is 0 Å². The summed E-state index contributed by atoms with van der Waals surface area (Å²) in [6.45, 7) is 5.95. The highest BCUT2D eigenvalue weighted by atomic mass is 16.5. The maximum absolute atomic E-state index is 12.5. The minimum absolute atomic E-state index is 0.121. The third kappa shape index (κ3) is 4.08. The summed E-state index contributed by atoms with van der Waals surface area (Å²) >= 11 is 0. The highest BCUT2D eigenvalue weighted by Crippen LogP contribution is 2.22. The summed E-state index contributed by atoms with van der Waals surface area (Å²) in [6.07, 6.45) is 1.76. The Hall–Kier alpha value is -3.74. The summed E-state index contributed by atoms with van der Waals surface area (Å²) in [5.74, 6) is 1.40. The molecule has 0 atom stereocenters. The molecule has 29 heavy (non-hydrogen) atoms. The molecule has 4 rings (SSSR count). The number of carbonyl (C=O) groups is 1. The number of hydrogen-bond acceptors (Lipinski definition) is 5. The summed E-state index contributed by atoms with van der Waals surface area (Å²) in [7, 11) is 0. The summed E-state index contributed by atoms with van der Waals surface area (Å²) in [6, 6.07) is 15.5. The second kappa shape index (κ2) is 7.71. The van der Waals surface area contributed by atoms with E-state index in [0.717, 1.165) is 22.4 Å². The molecule has 4 aromatic rings. The molecular formula is C22H21N5O2. The molecule has 0 bridgehead atoms. The third-order valence-corrected chi connectivity index (χ3v) is 4.63. The fourth-order valence-corrected chi connectivity index (χ4v) is 3.02. The molecule has 0 unspecified atom stereocenters. The van der Waals surface area contributed by atoms with Gasteiger partial charge in [-0.25, -0.2) is 4.98 Å². The molecule has 0 aliphatic rings. The first-order valence-electron chi connectivity index (χ1n) is 9.30. The summed E-state index contributed by atoms with van der Waals surface area (Å²) in [5.41, 5.74) is 4.34. The Morgan fingerprint density at radius 2 is 1.86 bits per heavy atom. The van der Waals surface area contributed by atoms with Crippen LogP contribution in [0.25, 0.3) is 23.0 Å². The molecule has 146 valence electrons. The second-order valence-electron chi connectivity index (χ2n) is 6.96. The minimum Gasteiger partial charge on any atom is -0.334 e. The number of imidazole rings is 1. The van der Waals surface area contributed by atoms with Gasteiger partial charge in [-0.05, 0) is 50.1 Å². The number of amides is 1. The molecule has 1 amide bonds. The normalized spacial score (nSPS) is 10.9. The number of anilines is 1. The monoisotopic (exact) mass is 387 g/mol. The highest BCUT2D eigenvalue weighted by molar-refractivity contribution is 5.91. The maximum Gasteiger partial charge on any atom is 0.258 e. The van der Waals surface area contributed by atoms with Crippen LogP contribution in [-0.4, -0.2) is 25.6 Å². The lowest BCUT2D eigenvalue weighted by atomic mass is 10.1. The largest absolute Gasteiger partial charge is 0.334 e. The molecule has 2 heterocycles. The molecular weight excluding hydrogens is 366 g/mol. The third-order valence-electron chi connectivity index (χ3n) is 4.63. The first-order chi connectivity index (χ1) is 14.0. The van der Waals surface area contributed by atoms with E-state index in [1.807, 2.05) is 69.3 Å². The van der Waals surface area contributed by atoms with Gasteiger partial charge in [-0.2, -0.15) is 4.98 Å². The Morgan fingerprint density at radius 3 is 2.66 bits per heavy atom. The van der Waals surface area contributed by atoms with Crippen LogP contribution >= 0.6 is 0 Å². The van der Waals surface area contributed by atoms with Gasteiger partial charge in [0.15, 0.2) is 0 Å². The van der Waals surface area contributed by atoms with Gasteiger partial charge in [0, 0.05) is 17.4 Å². The molecule has 7 nitrogen and oxygen atoms in total. The summed E-state index contributed by atoms with van der Waals surface area (Å²) in [5, 5.41) is 6.99. The van der Waals surface area contributed by atoms with E-state index < -0.39 is 0 Å². The predicted octanol–water partition coefficient (Wildman–Crippen LogP) is 4.16. The van der Waals surface area contributed by atoms with Crippen molar-refractivity contribution in [1.82, 2.24) is 19.7 Å². The molecule has 1 N–H and O–H groups in total. The van der Waals surface area contributed by atoms with Gasteiger partial charge in [-0.1, -0.05) is 35.5 Å². The molecule has 0 radical (unpaired) electrons. The Morgan fingerprint density at radius 1 is 1.07 bits per heavy atom. The van der Waals surface area contributed by atoms with Gasteiger partial charge < -0.3 is 14.4 Å². The Balaban J connectivity index is 1.50. The van der Waals surface area contributed by atoms with Gasteiger partial charge in [0.1, 0.15) is 18.1 Å². The van der Waals surface area contributed by atoms with Crippen molar-refractivity contribution in [2.24, 2.45) is 0 Å². The van der Waals surface area contributed by atoms with E-state index in [9.17, 15) is 4.79 Å². The van der Waals surface area contributed by atoms with Crippen molar-refractivity contribution in [2.45, 2.75) is 27.3 Å². The molecule has 2 aromatic heterocycles. The molecule has 7 heteroatoms. The van der Waals surface area contributed by atoms with Crippen LogP contribution in [0.1, 0.15) is 17.0 Å². The average molecular weight is 387 g/mol. The van der Waals surface area contributed by atoms with Gasteiger partial charge in [0.2, 0.25) is 11.7 Å². The van der Waals surface area contributed by atoms with E-state index in [1.54, 1.807) is 10.8 Å². The fourth-order valence-electron chi connectivity index (χ4n) is 3.02. The lowest BCUT2D eigenvalue weighted by Gasteiger charge is -2.10. The van der Waals surface area contributed by atoms with Crippen LogP contribution in [-0.2, 0) is 11.3 Å². The fraction of sp³-hybridized carbons (Fsp3) is 0.182. The zero-order valence-corrected chi connectivity index (χ0v) is 16.5. The topological polar surface area (TPSA) is 85.8 Å². The molecule has 0 aliphatic heterocycles. The molecule has 0 saturated heterocycles. The number of rotatable bonds is 5. The Kier molecular flexibility index (Phi) is 4.95. The van der Waals surface area contributed by atoms with Crippen LogP contribution in [0, 0.1) is 20.8 Å². The van der Waals surface area contributed by atoms with Crippen molar-refractivity contribution in [3.63, 3.8) is 0 Å². The lowest BCUT2D eigenvalue weighted by Crippen LogP contribution is -2.19. The van der Waals surface area contributed by atoms with Crippen LogP contribution in [0.4, 0.5) is 5.69 Å². The van der Waals surface area contributed by atoms with E-state index in [-0.39, 0.29) is 12.5 Å². The molecule has 2 aromatic carbocycles. The van der Waals surface area contributed by atoms with E-state index in [0.29, 0.717) is 23.2 Å². The van der Waals surface area contributed by atoms with Gasteiger partial charge >= 0.3 is 0 Å². The van der Waals surface area contributed by atoms with E-state index in [1.165, 1.54) is 0 Å². The quantitative estimate of drug-likeness (QED) is 0.556.